The van der Waals surface area contributed by atoms with Crippen LogP contribution in [0.5, 0.6) is 0 Å². The Hall–Kier alpha value is -0.120. The van der Waals surface area contributed by atoms with E-state index in [-0.39, 0.29) is 0 Å². The number of nitrogens with one attached hydrogen (secondary N) is 1. The maximum absolute atomic E-state index is 3.33. The van der Waals surface area contributed by atoms with Crippen LogP contribution in [0.1, 0.15) is 32.6 Å². The van der Waals surface area contributed by atoms with E-state index in [2.05, 4.69) is 29.1 Å². The highest BCUT2D eigenvalue weighted by atomic mass is 15.3. The molecule has 0 radical (unpaired) electrons. The molecule has 2 fully saturated rings. The molecule has 0 aromatic carbocycles. The summed E-state index contributed by atoms with van der Waals surface area (Å²) in [6.45, 7) is 8.77. The van der Waals surface area contributed by atoms with Gasteiger partial charge in [-0.3, -0.25) is 4.90 Å². The lowest BCUT2D eigenvalue weighted by Gasteiger charge is -2.32. The van der Waals surface area contributed by atoms with Crippen molar-refractivity contribution in [2.24, 2.45) is 0 Å². The van der Waals surface area contributed by atoms with Gasteiger partial charge in [-0.05, 0) is 52.9 Å². The van der Waals surface area contributed by atoms with Crippen molar-refractivity contribution in [1.29, 1.82) is 0 Å². The van der Waals surface area contributed by atoms with E-state index in [1.54, 1.807) is 0 Å². The molecule has 3 heteroatoms. The largest absolute Gasteiger partial charge is 0.316 e. The highest BCUT2D eigenvalue weighted by Crippen LogP contribution is 2.20. The summed E-state index contributed by atoms with van der Waals surface area (Å²) in [6, 6.07) is 1.48. The molecule has 0 saturated carbocycles. The molecule has 0 spiro atoms. The first kappa shape index (κ1) is 12.3. The van der Waals surface area contributed by atoms with Gasteiger partial charge in [0, 0.05) is 25.2 Å². The Balaban J connectivity index is 1.74. The Morgan fingerprint density at radius 2 is 1.94 bits per heavy atom. The third kappa shape index (κ3) is 3.19. The number of likely N-dealkylation sites (tertiary alicyclic amines) is 2. The number of nitrogens with zero attached hydrogens (tertiary/aromatic N) is 2. The highest BCUT2D eigenvalue weighted by Gasteiger charge is 2.28. The predicted molar refractivity (Wildman–Crippen MR) is 68.8 cm³/mol. The quantitative estimate of drug-likeness (QED) is 0.774. The van der Waals surface area contributed by atoms with Crippen LogP contribution in [0.3, 0.4) is 0 Å². The maximum Gasteiger partial charge on any atom is 0.0235 e. The molecule has 1 N–H and O–H groups in total. The van der Waals surface area contributed by atoms with Crippen molar-refractivity contribution in [3.63, 3.8) is 0 Å². The van der Waals surface area contributed by atoms with E-state index >= 15 is 0 Å². The van der Waals surface area contributed by atoms with Crippen LogP contribution in [0.25, 0.3) is 0 Å². The normalized spacial score (nSPS) is 30.8. The van der Waals surface area contributed by atoms with Gasteiger partial charge in [0.2, 0.25) is 0 Å². The van der Waals surface area contributed by atoms with Crippen LogP contribution in [-0.4, -0.2) is 61.7 Å². The molecule has 94 valence electrons. The Morgan fingerprint density at radius 3 is 2.62 bits per heavy atom. The zero-order chi connectivity index (χ0) is 11.4. The Kier molecular flexibility index (Phi) is 4.62. The van der Waals surface area contributed by atoms with E-state index in [0.29, 0.717) is 6.04 Å². The lowest BCUT2D eigenvalue weighted by Crippen LogP contribution is -2.42. The molecular formula is C13H27N3. The number of likely N-dealkylation sites (N-methyl/N-ethyl adjacent to an activating group) is 1. The minimum absolute atomic E-state index is 0.625. The van der Waals surface area contributed by atoms with Crippen LogP contribution < -0.4 is 5.32 Å². The summed E-state index contributed by atoms with van der Waals surface area (Å²) >= 11 is 0. The van der Waals surface area contributed by atoms with Gasteiger partial charge in [0.05, 0.1) is 0 Å². The number of rotatable bonds is 4. The van der Waals surface area contributed by atoms with Crippen molar-refractivity contribution in [2.75, 3.05) is 39.8 Å². The summed E-state index contributed by atoms with van der Waals surface area (Å²) < 4.78 is 0. The zero-order valence-electron chi connectivity index (χ0n) is 10.9. The van der Waals surface area contributed by atoms with Crippen LogP contribution in [-0.2, 0) is 0 Å². The average molecular weight is 225 g/mol. The molecule has 2 aliphatic rings. The molecule has 2 heterocycles. The first-order chi connectivity index (χ1) is 7.79. The first-order valence-corrected chi connectivity index (χ1v) is 6.93. The molecule has 3 nitrogen and oxygen atoms in total. The van der Waals surface area contributed by atoms with Crippen LogP contribution >= 0.6 is 0 Å². The Morgan fingerprint density at radius 1 is 1.19 bits per heavy atom. The summed E-state index contributed by atoms with van der Waals surface area (Å²) in [4.78, 5) is 5.36. The lowest BCUT2D eigenvalue weighted by molar-refractivity contribution is 0.160. The fraction of sp³-hybridized carbons (Fsp3) is 1.00. The molecule has 2 saturated heterocycles. The molecular weight excluding hydrogens is 198 g/mol. The maximum atomic E-state index is 3.33. The van der Waals surface area contributed by atoms with Crippen molar-refractivity contribution >= 4 is 0 Å². The summed E-state index contributed by atoms with van der Waals surface area (Å²) in [5.74, 6) is 0. The highest BCUT2D eigenvalue weighted by molar-refractivity contribution is 4.85. The smallest absolute Gasteiger partial charge is 0.0235 e. The van der Waals surface area contributed by atoms with Gasteiger partial charge in [-0.25, -0.2) is 0 Å². The average Bonchev–Trinajstić information content (AvgIpc) is 2.78. The third-order valence-electron chi connectivity index (χ3n) is 4.18. The topological polar surface area (TPSA) is 18.5 Å². The van der Waals surface area contributed by atoms with E-state index in [0.717, 1.165) is 6.04 Å². The van der Waals surface area contributed by atoms with Crippen LogP contribution in [0, 0.1) is 0 Å². The molecule has 0 aliphatic carbocycles. The lowest BCUT2D eigenvalue weighted by atomic mass is 10.1. The van der Waals surface area contributed by atoms with Gasteiger partial charge in [0.15, 0.2) is 0 Å². The van der Waals surface area contributed by atoms with Crippen molar-refractivity contribution in [3.8, 4) is 0 Å². The van der Waals surface area contributed by atoms with Crippen molar-refractivity contribution in [1.82, 2.24) is 15.1 Å². The molecule has 0 bridgehead atoms. The molecule has 16 heavy (non-hydrogen) atoms. The van der Waals surface area contributed by atoms with E-state index in [1.165, 1.54) is 58.4 Å². The van der Waals surface area contributed by atoms with E-state index in [9.17, 15) is 0 Å². The molecule has 0 amide bonds. The fourth-order valence-corrected chi connectivity index (χ4v) is 3.04. The zero-order valence-corrected chi connectivity index (χ0v) is 10.9. The van der Waals surface area contributed by atoms with Crippen LogP contribution in [0.15, 0.2) is 0 Å². The third-order valence-corrected chi connectivity index (χ3v) is 4.18. The van der Waals surface area contributed by atoms with E-state index in [1.807, 2.05) is 0 Å². The van der Waals surface area contributed by atoms with Crippen LogP contribution in [0.2, 0.25) is 0 Å². The molecule has 2 atom stereocenters. The SMILES string of the molecule is CNC(C)CN1CCC(N2CCCCC2)C1. The summed E-state index contributed by atoms with van der Waals surface area (Å²) in [5, 5.41) is 3.33. The van der Waals surface area contributed by atoms with E-state index < -0.39 is 0 Å². The molecule has 0 aromatic heterocycles. The second-order valence-electron chi connectivity index (χ2n) is 5.49. The standard InChI is InChI=1S/C13H27N3/c1-12(14-2)10-15-9-6-13(11-15)16-7-4-3-5-8-16/h12-14H,3-11H2,1-2H3. The summed E-state index contributed by atoms with van der Waals surface area (Å²) in [6.07, 6.45) is 5.67. The van der Waals surface area contributed by atoms with E-state index in [4.69, 9.17) is 0 Å². The summed E-state index contributed by atoms with van der Waals surface area (Å²) in [5.41, 5.74) is 0. The van der Waals surface area contributed by atoms with Gasteiger partial charge in [0.25, 0.3) is 0 Å². The first-order valence-electron chi connectivity index (χ1n) is 6.93. The van der Waals surface area contributed by atoms with Gasteiger partial charge in [0.1, 0.15) is 0 Å². The second kappa shape index (κ2) is 5.99. The molecule has 0 aromatic rings. The van der Waals surface area contributed by atoms with Gasteiger partial charge in [-0.15, -0.1) is 0 Å². The minimum atomic E-state index is 0.625. The molecule has 2 rings (SSSR count). The second-order valence-corrected chi connectivity index (χ2v) is 5.49. The molecule has 2 aliphatic heterocycles. The Bertz CT molecular complexity index is 201. The van der Waals surface area contributed by atoms with Gasteiger partial charge >= 0.3 is 0 Å². The fourth-order valence-electron chi connectivity index (χ4n) is 3.04. The number of piperidine rings is 1. The van der Waals surface area contributed by atoms with Crippen molar-refractivity contribution in [3.05, 3.63) is 0 Å². The molecule has 2 unspecified atom stereocenters. The Labute approximate surface area is 100 Å². The predicted octanol–water partition coefficient (Wildman–Crippen LogP) is 1.15. The summed E-state index contributed by atoms with van der Waals surface area (Å²) in [7, 11) is 2.06. The van der Waals surface area contributed by atoms with Crippen LogP contribution in [0.4, 0.5) is 0 Å². The number of hydrogen-bond donors (Lipinski definition) is 1. The van der Waals surface area contributed by atoms with Crippen molar-refractivity contribution in [2.45, 2.75) is 44.7 Å². The van der Waals surface area contributed by atoms with Gasteiger partial charge < -0.3 is 10.2 Å². The van der Waals surface area contributed by atoms with Gasteiger partial charge in [-0.1, -0.05) is 6.42 Å². The minimum Gasteiger partial charge on any atom is -0.316 e. The number of hydrogen-bond acceptors (Lipinski definition) is 3. The van der Waals surface area contributed by atoms with Gasteiger partial charge in [-0.2, -0.15) is 0 Å². The van der Waals surface area contributed by atoms with Crippen molar-refractivity contribution < 1.29 is 0 Å². The monoisotopic (exact) mass is 225 g/mol.